The quantitative estimate of drug-likeness (QED) is 0.574. The number of hydrogen-bond donors (Lipinski definition) is 0. The van der Waals surface area contributed by atoms with Gasteiger partial charge in [-0.05, 0) is 41.3 Å². The summed E-state index contributed by atoms with van der Waals surface area (Å²) in [6, 6.07) is 9.73. The van der Waals surface area contributed by atoms with E-state index >= 15 is 0 Å². The van der Waals surface area contributed by atoms with E-state index in [1.54, 1.807) is 18.2 Å². The van der Waals surface area contributed by atoms with E-state index in [0.29, 0.717) is 4.74 Å². The molecule has 0 unspecified atom stereocenters. The molecule has 2 aromatic rings. The van der Waals surface area contributed by atoms with Gasteiger partial charge in [0.05, 0.1) is 5.56 Å². The molecule has 0 saturated heterocycles. The van der Waals surface area contributed by atoms with Gasteiger partial charge in [0, 0.05) is 6.07 Å². The Kier molecular flexibility index (Phi) is 4.05. The Bertz CT molecular complexity index is 907. The van der Waals surface area contributed by atoms with Crippen molar-refractivity contribution in [2.45, 2.75) is 32.5 Å². The Morgan fingerprint density at radius 1 is 1.00 bits per heavy atom. The lowest BCUT2D eigenvalue weighted by Gasteiger charge is -2.19. The maximum Gasteiger partial charge on any atom is 0.573 e. The molecule has 2 aromatic carbocycles. The average Bonchev–Trinajstić information content (AvgIpc) is 2.77. The third kappa shape index (κ3) is 3.29. The maximum absolute atomic E-state index is 12.7. The van der Waals surface area contributed by atoms with Gasteiger partial charge in [0.25, 0.3) is 11.5 Å². The number of benzene rings is 2. The number of carbonyl (C=O) groups is 1. The van der Waals surface area contributed by atoms with Crippen molar-refractivity contribution in [3.05, 3.63) is 64.4 Å². The van der Waals surface area contributed by atoms with Crippen molar-refractivity contribution < 1.29 is 27.4 Å². The fourth-order valence-electron chi connectivity index (χ4n) is 2.76. The molecule has 0 aromatic heterocycles. The number of halogens is 3. The molecular formula is C19H16F3NO3. The second kappa shape index (κ2) is 5.86. The van der Waals surface area contributed by atoms with Gasteiger partial charge in [-0.2, -0.15) is 4.74 Å². The molecule has 3 rings (SSSR count). The van der Waals surface area contributed by atoms with Crippen molar-refractivity contribution in [1.29, 1.82) is 0 Å². The summed E-state index contributed by atoms with van der Waals surface area (Å²) in [5.74, 6) is -0.872. The summed E-state index contributed by atoms with van der Waals surface area (Å²) in [5, 5.41) is 12.5. The number of carbonyl (C=O) groups excluding carboxylic acids is 1. The molecule has 136 valence electrons. The van der Waals surface area contributed by atoms with Crippen LogP contribution in [0.15, 0.2) is 42.5 Å². The summed E-state index contributed by atoms with van der Waals surface area (Å²) in [6.07, 6.45) is -4.80. The monoisotopic (exact) mass is 363 g/mol. The van der Waals surface area contributed by atoms with Gasteiger partial charge in [0.2, 0.25) is 5.69 Å². The van der Waals surface area contributed by atoms with Crippen LogP contribution in [-0.4, -0.2) is 22.6 Å². The molecule has 1 heterocycles. The van der Waals surface area contributed by atoms with Crippen LogP contribution in [0.5, 0.6) is 5.75 Å². The van der Waals surface area contributed by atoms with Crippen molar-refractivity contribution in [3.8, 4) is 5.75 Å². The lowest BCUT2D eigenvalue weighted by atomic mass is 9.85. The third-order valence-corrected chi connectivity index (χ3v) is 4.11. The minimum absolute atomic E-state index is 0.121. The summed E-state index contributed by atoms with van der Waals surface area (Å²) in [5.41, 5.74) is 1.35. The van der Waals surface area contributed by atoms with E-state index in [2.05, 4.69) is 4.74 Å². The highest BCUT2D eigenvalue weighted by molar-refractivity contribution is 6.52. The number of fused-ring (bicyclic) bond motifs is 1. The van der Waals surface area contributed by atoms with E-state index < -0.39 is 17.9 Å². The van der Waals surface area contributed by atoms with Crippen LogP contribution < -0.4 is 4.74 Å². The summed E-state index contributed by atoms with van der Waals surface area (Å²) in [4.78, 5) is 12.7. The molecule has 4 nitrogen and oxygen atoms in total. The number of alkyl halides is 3. The smallest absolute Gasteiger partial charge is 0.573 e. The summed E-state index contributed by atoms with van der Waals surface area (Å²) >= 11 is 0. The first-order valence-electron chi connectivity index (χ1n) is 7.87. The summed E-state index contributed by atoms with van der Waals surface area (Å²) in [6.45, 7) is 5.98. The second-order valence-electron chi connectivity index (χ2n) is 7.03. The largest absolute Gasteiger partial charge is 0.618 e. The topological polar surface area (TPSA) is 52.4 Å². The number of nitrogens with zero attached hydrogens (tertiary/aromatic N) is 1. The molecular weight excluding hydrogens is 347 g/mol. The van der Waals surface area contributed by atoms with Crippen LogP contribution >= 0.6 is 0 Å². The number of rotatable bonds is 2. The predicted octanol–water partition coefficient (Wildman–Crippen LogP) is 4.71. The Morgan fingerprint density at radius 2 is 1.62 bits per heavy atom. The number of ketones is 1. The lowest BCUT2D eigenvalue weighted by molar-refractivity contribution is -0.355. The molecule has 0 atom stereocenters. The Labute approximate surface area is 148 Å². The zero-order valence-electron chi connectivity index (χ0n) is 14.3. The van der Waals surface area contributed by atoms with Crippen LogP contribution in [0.25, 0.3) is 0 Å². The zero-order valence-corrected chi connectivity index (χ0v) is 14.3. The van der Waals surface area contributed by atoms with E-state index in [-0.39, 0.29) is 27.9 Å². The normalized spacial score (nSPS) is 14.6. The molecule has 0 fully saturated rings. The second-order valence-corrected chi connectivity index (χ2v) is 7.03. The van der Waals surface area contributed by atoms with Crippen LogP contribution in [0.2, 0.25) is 0 Å². The first-order chi connectivity index (χ1) is 12.0. The van der Waals surface area contributed by atoms with Gasteiger partial charge in [-0.3, -0.25) is 4.79 Å². The highest BCUT2D eigenvalue weighted by Gasteiger charge is 2.37. The van der Waals surface area contributed by atoms with Crippen LogP contribution in [0.1, 0.15) is 42.3 Å². The van der Waals surface area contributed by atoms with Gasteiger partial charge in [-0.15, -0.1) is 13.2 Å². The van der Waals surface area contributed by atoms with Crippen molar-refractivity contribution in [1.82, 2.24) is 0 Å². The molecule has 0 aliphatic carbocycles. The molecule has 0 spiro atoms. The fourth-order valence-corrected chi connectivity index (χ4v) is 2.76. The van der Waals surface area contributed by atoms with Crippen molar-refractivity contribution in [2.75, 3.05) is 0 Å². The van der Waals surface area contributed by atoms with Crippen molar-refractivity contribution in [2.24, 2.45) is 0 Å². The Morgan fingerprint density at radius 3 is 2.15 bits per heavy atom. The number of hydrogen-bond acceptors (Lipinski definition) is 3. The first kappa shape index (κ1) is 18.0. The van der Waals surface area contributed by atoms with Crippen LogP contribution in [0, 0.1) is 5.21 Å². The minimum Gasteiger partial charge on any atom is -0.618 e. The zero-order chi connectivity index (χ0) is 19.3. The van der Waals surface area contributed by atoms with Crippen molar-refractivity contribution >= 4 is 17.2 Å². The SMILES string of the molecule is CC(C)(C)c1ccc2c(c1)C(=O)C(c1ccc(OC(F)(F)F)cc1)=[N+]2[O-]. The van der Waals surface area contributed by atoms with E-state index in [4.69, 9.17) is 0 Å². The highest BCUT2D eigenvalue weighted by atomic mass is 19.4. The summed E-state index contributed by atoms with van der Waals surface area (Å²) in [7, 11) is 0. The average molecular weight is 363 g/mol. The predicted molar refractivity (Wildman–Crippen MR) is 90.0 cm³/mol. The van der Waals surface area contributed by atoms with Crippen LogP contribution in [-0.2, 0) is 5.41 Å². The summed E-state index contributed by atoms with van der Waals surface area (Å²) < 4.78 is 41.0. The maximum atomic E-state index is 12.7. The van der Waals surface area contributed by atoms with Gasteiger partial charge in [-0.25, -0.2) is 0 Å². The molecule has 0 N–H and O–H groups in total. The van der Waals surface area contributed by atoms with Gasteiger partial charge < -0.3 is 9.94 Å². The Hall–Kier alpha value is -2.83. The number of ether oxygens (including phenoxy) is 1. The van der Waals surface area contributed by atoms with E-state index in [1.807, 2.05) is 20.8 Å². The van der Waals surface area contributed by atoms with E-state index in [0.717, 1.165) is 17.7 Å². The minimum atomic E-state index is -4.80. The molecule has 26 heavy (non-hydrogen) atoms. The van der Waals surface area contributed by atoms with Crippen LogP contribution in [0.4, 0.5) is 18.9 Å². The van der Waals surface area contributed by atoms with Gasteiger partial charge >= 0.3 is 6.36 Å². The first-order valence-corrected chi connectivity index (χ1v) is 7.87. The van der Waals surface area contributed by atoms with E-state index in [1.165, 1.54) is 12.1 Å². The van der Waals surface area contributed by atoms with Crippen molar-refractivity contribution in [3.63, 3.8) is 0 Å². The molecule has 0 amide bonds. The van der Waals surface area contributed by atoms with Gasteiger partial charge in [-0.1, -0.05) is 26.8 Å². The number of Topliss-reactive ketones (excluding diaryl/α,β-unsaturated/α-hetero) is 1. The van der Waals surface area contributed by atoms with Gasteiger partial charge in [0.1, 0.15) is 11.3 Å². The molecule has 0 radical (unpaired) electrons. The van der Waals surface area contributed by atoms with E-state index in [9.17, 15) is 23.2 Å². The molecule has 1 aliphatic heterocycles. The highest BCUT2D eigenvalue weighted by Crippen LogP contribution is 2.33. The third-order valence-electron chi connectivity index (χ3n) is 4.11. The molecule has 1 aliphatic rings. The Balaban J connectivity index is 1.97. The lowest BCUT2D eigenvalue weighted by Crippen LogP contribution is -2.18. The van der Waals surface area contributed by atoms with Crippen LogP contribution in [0.3, 0.4) is 0 Å². The molecule has 0 bridgehead atoms. The fraction of sp³-hybridized carbons (Fsp3) is 0.263. The molecule has 0 saturated carbocycles. The molecule has 7 heteroatoms. The standard InChI is InChI=1S/C19H16F3NO3/c1-18(2,3)12-6-9-15-14(10-12)17(24)16(23(15)25)11-4-7-13(8-5-11)26-19(20,21)22/h4-10H,1-3H3. The van der Waals surface area contributed by atoms with Gasteiger partial charge in [0.15, 0.2) is 0 Å².